The van der Waals surface area contributed by atoms with Crippen LogP contribution in [0.4, 0.5) is 5.69 Å². The highest BCUT2D eigenvalue weighted by molar-refractivity contribution is 5.83. The second kappa shape index (κ2) is 7.23. The highest BCUT2D eigenvalue weighted by Gasteiger charge is 2.20. The monoisotopic (exact) mass is 278 g/mol. The Labute approximate surface area is 117 Å². The number of nitroso groups, excluding NO2 is 1. The Morgan fingerprint density at radius 1 is 1.55 bits per heavy atom. The number of rotatable bonds is 6. The van der Waals surface area contributed by atoms with E-state index in [2.05, 4.69) is 10.1 Å². The van der Waals surface area contributed by atoms with Gasteiger partial charge in [-0.3, -0.25) is 9.69 Å². The molecule has 0 aromatic heterocycles. The molecule has 1 atom stereocenters. The summed E-state index contributed by atoms with van der Waals surface area (Å²) >= 11 is 0. The van der Waals surface area contributed by atoms with Crippen molar-refractivity contribution >= 4 is 12.0 Å². The molecule has 108 valence electrons. The zero-order valence-electron chi connectivity index (χ0n) is 11.4. The summed E-state index contributed by atoms with van der Waals surface area (Å²) in [6.45, 7) is 3.58. The summed E-state index contributed by atoms with van der Waals surface area (Å²) in [7, 11) is 1.66. The lowest BCUT2D eigenvalue weighted by atomic mass is 10.1. The summed E-state index contributed by atoms with van der Waals surface area (Å²) in [4.78, 5) is 23.7. The Morgan fingerprint density at radius 2 is 2.40 bits per heavy atom. The highest BCUT2D eigenvalue weighted by atomic mass is 16.5. The van der Waals surface area contributed by atoms with E-state index >= 15 is 0 Å². The van der Waals surface area contributed by atoms with Crippen molar-refractivity contribution in [2.24, 2.45) is 5.18 Å². The van der Waals surface area contributed by atoms with Gasteiger partial charge in [-0.05, 0) is 22.9 Å². The maximum Gasteiger partial charge on any atom is 0.152 e. The van der Waals surface area contributed by atoms with Gasteiger partial charge in [-0.1, -0.05) is 6.07 Å². The molecular formula is C14H18N2O4. The van der Waals surface area contributed by atoms with Crippen LogP contribution in [-0.4, -0.2) is 50.7 Å². The van der Waals surface area contributed by atoms with E-state index in [9.17, 15) is 9.70 Å². The van der Waals surface area contributed by atoms with Gasteiger partial charge in [-0.2, -0.15) is 0 Å². The standard InChI is InChI=1S/C14H18N2O4/c1-19-10-13-8-16(4-5-20-13)7-11-2-3-14(15-18)12(6-11)9-17/h2-3,6,9,13H,4-5,7-8,10H2,1H3/t13-/m0/s1. The van der Waals surface area contributed by atoms with Crippen molar-refractivity contribution in [1.29, 1.82) is 0 Å². The molecule has 0 radical (unpaired) electrons. The van der Waals surface area contributed by atoms with Crippen molar-refractivity contribution in [2.75, 3.05) is 33.4 Å². The van der Waals surface area contributed by atoms with Gasteiger partial charge in [0.15, 0.2) is 6.29 Å². The van der Waals surface area contributed by atoms with E-state index in [1.54, 1.807) is 19.2 Å². The Hall–Kier alpha value is -1.63. The van der Waals surface area contributed by atoms with Gasteiger partial charge in [0.05, 0.1) is 19.3 Å². The molecule has 1 aliphatic rings. The van der Waals surface area contributed by atoms with Crippen molar-refractivity contribution in [1.82, 2.24) is 4.90 Å². The topological polar surface area (TPSA) is 68.2 Å². The molecule has 20 heavy (non-hydrogen) atoms. The van der Waals surface area contributed by atoms with Crippen molar-refractivity contribution in [3.63, 3.8) is 0 Å². The molecule has 0 N–H and O–H groups in total. The molecule has 0 amide bonds. The summed E-state index contributed by atoms with van der Waals surface area (Å²) in [5.74, 6) is 0. The number of benzene rings is 1. The highest BCUT2D eigenvalue weighted by Crippen LogP contribution is 2.20. The molecule has 0 aliphatic carbocycles. The van der Waals surface area contributed by atoms with Crippen LogP contribution in [0.3, 0.4) is 0 Å². The summed E-state index contributed by atoms with van der Waals surface area (Å²) in [5, 5.41) is 2.83. The quantitative estimate of drug-likeness (QED) is 0.585. The minimum atomic E-state index is 0.0789. The first kappa shape index (κ1) is 14.8. The number of hydrogen-bond donors (Lipinski definition) is 0. The zero-order valence-corrected chi connectivity index (χ0v) is 11.4. The first-order chi connectivity index (χ1) is 9.76. The van der Waals surface area contributed by atoms with Crippen LogP contribution in [0, 0.1) is 4.91 Å². The van der Waals surface area contributed by atoms with E-state index in [4.69, 9.17) is 9.47 Å². The average molecular weight is 278 g/mol. The van der Waals surface area contributed by atoms with E-state index in [0.29, 0.717) is 31.6 Å². The summed E-state index contributed by atoms with van der Waals surface area (Å²) in [5.41, 5.74) is 1.50. The molecule has 1 aromatic rings. The zero-order chi connectivity index (χ0) is 14.4. The maximum absolute atomic E-state index is 10.9. The molecule has 1 saturated heterocycles. The van der Waals surface area contributed by atoms with E-state index < -0.39 is 0 Å². The van der Waals surface area contributed by atoms with Crippen LogP contribution in [0.5, 0.6) is 0 Å². The number of nitrogens with zero attached hydrogens (tertiary/aromatic N) is 2. The van der Waals surface area contributed by atoms with Gasteiger partial charge in [0, 0.05) is 32.3 Å². The fourth-order valence-corrected chi connectivity index (χ4v) is 2.35. The average Bonchev–Trinajstić information content (AvgIpc) is 2.48. The summed E-state index contributed by atoms with van der Waals surface area (Å²) in [6, 6.07) is 5.12. The fourth-order valence-electron chi connectivity index (χ4n) is 2.35. The lowest BCUT2D eigenvalue weighted by Crippen LogP contribution is -2.43. The maximum atomic E-state index is 10.9. The van der Waals surface area contributed by atoms with Crippen molar-refractivity contribution in [3.8, 4) is 0 Å². The molecule has 0 spiro atoms. The van der Waals surface area contributed by atoms with Gasteiger partial charge < -0.3 is 9.47 Å². The predicted molar refractivity (Wildman–Crippen MR) is 74.2 cm³/mol. The van der Waals surface area contributed by atoms with Gasteiger partial charge in [0.1, 0.15) is 5.69 Å². The van der Waals surface area contributed by atoms with E-state index in [0.717, 1.165) is 18.7 Å². The molecule has 2 rings (SSSR count). The van der Waals surface area contributed by atoms with Gasteiger partial charge in [0.25, 0.3) is 0 Å². The van der Waals surface area contributed by atoms with Crippen LogP contribution in [0.25, 0.3) is 0 Å². The SMILES string of the molecule is COC[C@@H]1CN(Cc2ccc(N=O)c(C=O)c2)CCO1. The minimum Gasteiger partial charge on any atom is -0.382 e. The van der Waals surface area contributed by atoms with Crippen molar-refractivity contribution < 1.29 is 14.3 Å². The Bertz CT molecular complexity index is 476. The van der Waals surface area contributed by atoms with Gasteiger partial charge in [-0.25, -0.2) is 0 Å². The van der Waals surface area contributed by atoms with Crippen LogP contribution in [0.2, 0.25) is 0 Å². The van der Waals surface area contributed by atoms with Crippen molar-refractivity contribution in [3.05, 3.63) is 34.2 Å². The molecule has 1 heterocycles. The van der Waals surface area contributed by atoms with Crippen LogP contribution < -0.4 is 0 Å². The Kier molecular flexibility index (Phi) is 5.34. The third kappa shape index (κ3) is 3.69. The molecule has 0 bridgehead atoms. The van der Waals surface area contributed by atoms with Crippen LogP contribution >= 0.6 is 0 Å². The normalized spacial score (nSPS) is 19.8. The number of methoxy groups -OCH3 is 1. The number of aldehydes is 1. The molecule has 0 unspecified atom stereocenters. The van der Waals surface area contributed by atoms with Gasteiger partial charge in [0.2, 0.25) is 0 Å². The van der Waals surface area contributed by atoms with Crippen LogP contribution in [0.15, 0.2) is 23.4 Å². The predicted octanol–water partition coefficient (Wildman–Crippen LogP) is 1.74. The number of morpholine rings is 1. The third-order valence-corrected chi connectivity index (χ3v) is 3.30. The van der Waals surface area contributed by atoms with E-state index in [1.807, 2.05) is 6.07 Å². The lowest BCUT2D eigenvalue weighted by Gasteiger charge is -2.32. The van der Waals surface area contributed by atoms with Gasteiger partial charge >= 0.3 is 0 Å². The molecule has 0 saturated carbocycles. The molecule has 1 fully saturated rings. The van der Waals surface area contributed by atoms with E-state index in [1.165, 1.54) is 0 Å². The largest absolute Gasteiger partial charge is 0.382 e. The Morgan fingerprint density at radius 3 is 3.10 bits per heavy atom. The minimum absolute atomic E-state index is 0.0789. The number of carbonyl (C=O) groups is 1. The van der Waals surface area contributed by atoms with Crippen molar-refractivity contribution in [2.45, 2.75) is 12.6 Å². The number of hydrogen-bond acceptors (Lipinski definition) is 6. The molecule has 6 heteroatoms. The van der Waals surface area contributed by atoms with Gasteiger partial charge in [-0.15, -0.1) is 4.91 Å². The van der Waals surface area contributed by atoms with Crippen LogP contribution in [-0.2, 0) is 16.0 Å². The third-order valence-electron chi connectivity index (χ3n) is 3.30. The Balaban J connectivity index is 2.02. The smallest absolute Gasteiger partial charge is 0.152 e. The second-order valence-electron chi connectivity index (χ2n) is 4.79. The molecule has 6 nitrogen and oxygen atoms in total. The number of ether oxygens (including phenoxy) is 2. The molecular weight excluding hydrogens is 260 g/mol. The lowest BCUT2D eigenvalue weighted by molar-refractivity contribution is -0.0631. The fraction of sp³-hybridized carbons (Fsp3) is 0.500. The summed E-state index contributed by atoms with van der Waals surface area (Å²) < 4.78 is 10.7. The first-order valence-corrected chi connectivity index (χ1v) is 6.51. The van der Waals surface area contributed by atoms with Crippen LogP contribution in [0.1, 0.15) is 15.9 Å². The molecule has 1 aromatic carbocycles. The first-order valence-electron chi connectivity index (χ1n) is 6.51. The molecule has 1 aliphatic heterocycles. The number of carbonyl (C=O) groups excluding carboxylic acids is 1. The second-order valence-corrected chi connectivity index (χ2v) is 4.79. The summed E-state index contributed by atoms with van der Waals surface area (Å²) in [6.07, 6.45) is 0.739. The van der Waals surface area contributed by atoms with E-state index in [-0.39, 0.29) is 11.8 Å².